The van der Waals surface area contributed by atoms with Crippen molar-refractivity contribution in [3.8, 4) is 11.5 Å². The van der Waals surface area contributed by atoms with Crippen LogP contribution in [0.1, 0.15) is 24.1 Å². The molecule has 0 saturated heterocycles. The van der Waals surface area contributed by atoms with Gasteiger partial charge in [0.1, 0.15) is 30.3 Å². The van der Waals surface area contributed by atoms with Gasteiger partial charge in [0, 0.05) is 23.3 Å². The largest absolute Gasteiger partial charge is 0.454 e. The molecule has 2 aromatic heterocycles. The fourth-order valence-electron chi connectivity index (χ4n) is 3.74. The van der Waals surface area contributed by atoms with Crippen LogP contribution in [0.15, 0.2) is 67.1 Å². The van der Waals surface area contributed by atoms with Crippen molar-refractivity contribution in [1.82, 2.24) is 20.3 Å². The number of benzene rings is 2. The van der Waals surface area contributed by atoms with Gasteiger partial charge in [-0.05, 0) is 73.7 Å². The van der Waals surface area contributed by atoms with E-state index < -0.39 is 0 Å². The van der Waals surface area contributed by atoms with E-state index in [2.05, 4.69) is 25.6 Å². The van der Waals surface area contributed by atoms with Gasteiger partial charge in [0.15, 0.2) is 0 Å². The number of anilines is 2. The number of nitrogens with one attached hydrogen (secondary N) is 2. The van der Waals surface area contributed by atoms with Crippen molar-refractivity contribution < 1.29 is 14.3 Å². The molecule has 1 fully saturated rings. The van der Waals surface area contributed by atoms with E-state index in [4.69, 9.17) is 21.1 Å². The molecule has 0 bridgehead atoms. The van der Waals surface area contributed by atoms with E-state index in [1.165, 1.54) is 19.2 Å². The van der Waals surface area contributed by atoms with Gasteiger partial charge in [-0.2, -0.15) is 0 Å². The Morgan fingerprint density at radius 1 is 1.11 bits per heavy atom. The molecule has 0 spiro atoms. The summed E-state index contributed by atoms with van der Waals surface area (Å²) in [6.07, 6.45) is 9.45. The van der Waals surface area contributed by atoms with Crippen LogP contribution in [0, 0.1) is 12.8 Å². The van der Waals surface area contributed by atoms with Gasteiger partial charge in [-0.1, -0.05) is 29.8 Å². The van der Waals surface area contributed by atoms with E-state index in [-0.39, 0.29) is 12.5 Å². The first-order chi connectivity index (χ1) is 18.5. The average Bonchev–Trinajstić information content (AvgIpc) is 3.74. The Balaban J connectivity index is 1.22. The fraction of sp³-hybridized carbons (Fsp3) is 0.241. The number of aryl methyl sites for hydroxylation is 1. The number of hydrogen-bond acceptors (Lipinski definition) is 7. The number of carbonyl (C=O) groups excluding carboxylic acids is 1. The average molecular weight is 530 g/mol. The maximum absolute atomic E-state index is 11.9. The molecule has 0 atom stereocenters. The summed E-state index contributed by atoms with van der Waals surface area (Å²) >= 11 is 6.49. The van der Waals surface area contributed by atoms with Crippen LogP contribution in [0.5, 0.6) is 11.5 Å². The summed E-state index contributed by atoms with van der Waals surface area (Å²) in [6, 6.07) is 15.1. The Labute approximate surface area is 226 Å². The standard InChI is InChI=1S/C29H28ClN5O3/c1-19-4-9-23(15-32-19)38-27-11-8-22(14-25(27)30)35-29-24-13-20(7-10-26(24)33-18-34-29)3-2-12-31-28(36)17-37-16-21-5-6-21/h2-4,7-11,13-15,18,21H,5-6,12,16-17H2,1H3,(H,31,36)(H,33,34,35). The zero-order chi connectivity index (χ0) is 26.3. The van der Waals surface area contributed by atoms with E-state index in [0.29, 0.717) is 41.4 Å². The van der Waals surface area contributed by atoms with Crippen molar-refractivity contribution >= 4 is 46.0 Å². The van der Waals surface area contributed by atoms with E-state index in [9.17, 15) is 4.79 Å². The smallest absolute Gasteiger partial charge is 0.246 e. The molecule has 1 saturated carbocycles. The normalized spacial score (nSPS) is 13.1. The second-order valence-corrected chi connectivity index (χ2v) is 9.58. The van der Waals surface area contributed by atoms with E-state index in [1.54, 1.807) is 18.3 Å². The third-order valence-corrected chi connectivity index (χ3v) is 6.27. The van der Waals surface area contributed by atoms with Crippen LogP contribution in [0.3, 0.4) is 0 Å². The highest BCUT2D eigenvalue weighted by Gasteiger charge is 2.21. The number of nitrogens with zero attached hydrogens (tertiary/aromatic N) is 3. The highest BCUT2D eigenvalue weighted by molar-refractivity contribution is 6.32. The number of amides is 1. The van der Waals surface area contributed by atoms with Crippen molar-refractivity contribution in [3.63, 3.8) is 0 Å². The van der Waals surface area contributed by atoms with Gasteiger partial charge in [-0.15, -0.1) is 0 Å². The zero-order valence-electron chi connectivity index (χ0n) is 21.0. The van der Waals surface area contributed by atoms with Gasteiger partial charge in [0.25, 0.3) is 0 Å². The monoisotopic (exact) mass is 529 g/mol. The van der Waals surface area contributed by atoms with Crippen LogP contribution < -0.4 is 15.4 Å². The predicted molar refractivity (Wildman–Crippen MR) is 149 cm³/mol. The number of carbonyl (C=O) groups is 1. The molecule has 5 rings (SSSR count). The van der Waals surface area contributed by atoms with Crippen molar-refractivity contribution in [2.75, 3.05) is 25.1 Å². The van der Waals surface area contributed by atoms with Crippen molar-refractivity contribution in [1.29, 1.82) is 0 Å². The quantitative estimate of drug-likeness (QED) is 0.243. The Kier molecular flexibility index (Phi) is 8.11. The maximum Gasteiger partial charge on any atom is 0.246 e. The minimum atomic E-state index is -0.112. The molecule has 2 N–H and O–H groups in total. The van der Waals surface area contributed by atoms with Crippen LogP contribution >= 0.6 is 11.6 Å². The van der Waals surface area contributed by atoms with Crippen LogP contribution in [-0.2, 0) is 9.53 Å². The first-order valence-corrected chi connectivity index (χ1v) is 12.8. The molecule has 9 heteroatoms. The van der Waals surface area contributed by atoms with Crippen molar-refractivity contribution in [3.05, 3.63) is 83.4 Å². The molecule has 0 aliphatic heterocycles. The lowest BCUT2D eigenvalue weighted by atomic mass is 10.1. The molecule has 38 heavy (non-hydrogen) atoms. The molecule has 0 radical (unpaired) electrons. The molecular weight excluding hydrogens is 502 g/mol. The summed E-state index contributed by atoms with van der Waals surface area (Å²) in [4.78, 5) is 24.9. The first-order valence-electron chi connectivity index (χ1n) is 12.5. The van der Waals surface area contributed by atoms with Gasteiger partial charge in [-0.3, -0.25) is 9.78 Å². The molecule has 0 unspecified atom stereocenters. The number of ether oxygens (including phenoxy) is 2. The Morgan fingerprint density at radius 2 is 2.00 bits per heavy atom. The van der Waals surface area contributed by atoms with E-state index in [1.807, 2.05) is 55.5 Å². The molecule has 194 valence electrons. The molecule has 8 nitrogen and oxygen atoms in total. The summed E-state index contributed by atoms with van der Waals surface area (Å²) in [5, 5.41) is 7.48. The van der Waals surface area contributed by atoms with Gasteiger partial charge in [0.05, 0.1) is 23.3 Å². The summed E-state index contributed by atoms with van der Waals surface area (Å²) in [7, 11) is 0. The number of pyridine rings is 1. The molecule has 2 heterocycles. The number of hydrogen-bond donors (Lipinski definition) is 2. The summed E-state index contributed by atoms with van der Waals surface area (Å²) in [5.41, 5.74) is 3.44. The van der Waals surface area contributed by atoms with Gasteiger partial charge >= 0.3 is 0 Å². The van der Waals surface area contributed by atoms with Crippen molar-refractivity contribution in [2.24, 2.45) is 5.92 Å². The van der Waals surface area contributed by atoms with Gasteiger partial charge in [0.2, 0.25) is 5.91 Å². The molecule has 2 aromatic carbocycles. The lowest BCUT2D eigenvalue weighted by Crippen LogP contribution is -2.27. The first kappa shape index (κ1) is 25.6. The Morgan fingerprint density at radius 3 is 2.79 bits per heavy atom. The summed E-state index contributed by atoms with van der Waals surface area (Å²) < 4.78 is 11.3. The third kappa shape index (κ3) is 7.06. The maximum atomic E-state index is 11.9. The molecular formula is C29H28ClN5O3. The third-order valence-electron chi connectivity index (χ3n) is 5.98. The Hall–Kier alpha value is -4.01. The summed E-state index contributed by atoms with van der Waals surface area (Å²) in [5.74, 6) is 2.33. The topological polar surface area (TPSA) is 98.3 Å². The number of rotatable bonds is 11. The van der Waals surface area contributed by atoms with Crippen molar-refractivity contribution in [2.45, 2.75) is 19.8 Å². The predicted octanol–water partition coefficient (Wildman–Crippen LogP) is 6.08. The van der Waals surface area contributed by atoms with Gasteiger partial charge < -0.3 is 20.1 Å². The highest BCUT2D eigenvalue weighted by Crippen LogP contribution is 2.33. The van der Waals surface area contributed by atoms with E-state index >= 15 is 0 Å². The second-order valence-electron chi connectivity index (χ2n) is 9.17. The van der Waals surface area contributed by atoms with Crippen LogP contribution in [0.4, 0.5) is 11.5 Å². The number of fused-ring (bicyclic) bond motifs is 1. The van der Waals surface area contributed by atoms with E-state index in [0.717, 1.165) is 27.8 Å². The van der Waals surface area contributed by atoms with Crippen LogP contribution in [0.25, 0.3) is 17.0 Å². The van der Waals surface area contributed by atoms with Crippen LogP contribution in [0.2, 0.25) is 5.02 Å². The highest BCUT2D eigenvalue weighted by atomic mass is 35.5. The zero-order valence-corrected chi connectivity index (χ0v) is 21.7. The fourth-order valence-corrected chi connectivity index (χ4v) is 3.96. The van der Waals surface area contributed by atoms with Gasteiger partial charge in [-0.25, -0.2) is 9.97 Å². The molecule has 1 amide bonds. The summed E-state index contributed by atoms with van der Waals surface area (Å²) in [6.45, 7) is 3.12. The molecule has 1 aliphatic rings. The molecule has 4 aromatic rings. The molecule has 1 aliphatic carbocycles. The minimum absolute atomic E-state index is 0.104. The minimum Gasteiger partial charge on any atom is -0.454 e. The number of aromatic nitrogens is 3. The van der Waals surface area contributed by atoms with Crippen LogP contribution in [-0.4, -0.2) is 40.6 Å². The number of halogens is 1. The lowest BCUT2D eigenvalue weighted by Gasteiger charge is -2.12. The lowest BCUT2D eigenvalue weighted by molar-refractivity contribution is -0.125. The second kappa shape index (κ2) is 12.0. The SMILES string of the molecule is Cc1ccc(Oc2ccc(Nc3ncnc4ccc(C=CCNC(=O)COCC5CC5)cc34)cc2Cl)cn1. The Bertz CT molecular complexity index is 1450.